The second kappa shape index (κ2) is 9.70. The Hall–Kier alpha value is -2.27. The summed E-state index contributed by atoms with van der Waals surface area (Å²) in [6, 6.07) is 8.72. The maximum Gasteiger partial charge on any atom is 0.410 e. The first kappa shape index (κ1) is 26.0. The van der Waals surface area contributed by atoms with Gasteiger partial charge in [0, 0.05) is 13.1 Å². The molecule has 0 aromatic heterocycles. The van der Waals surface area contributed by atoms with Gasteiger partial charge in [-0.15, -0.1) is 0 Å². The highest BCUT2D eigenvalue weighted by Gasteiger charge is 2.59. The molecule has 1 aromatic carbocycles. The number of benzene rings is 1. The molecule has 1 saturated heterocycles. The third kappa shape index (κ3) is 7.40. The first-order valence-corrected chi connectivity index (χ1v) is 11.8. The van der Waals surface area contributed by atoms with Crippen LogP contribution in [0.4, 0.5) is 13.6 Å². The van der Waals surface area contributed by atoms with Gasteiger partial charge in [-0.1, -0.05) is 30.3 Å². The molecule has 1 fully saturated rings. The molecule has 0 bridgehead atoms. The average molecular weight is 478 g/mol. The van der Waals surface area contributed by atoms with E-state index in [2.05, 4.69) is 4.18 Å². The topological polar surface area (TPSA) is 99.2 Å². The second-order valence-electron chi connectivity index (χ2n) is 8.93. The smallest absolute Gasteiger partial charge is 0.410 e. The zero-order valence-corrected chi connectivity index (χ0v) is 19.4. The molecular weight excluding hydrogens is 448 g/mol. The van der Waals surface area contributed by atoms with E-state index in [4.69, 9.17) is 9.47 Å². The van der Waals surface area contributed by atoms with Gasteiger partial charge >= 0.3 is 12.1 Å². The summed E-state index contributed by atoms with van der Waals surface area (Å²) in [6.45, 7) is 2.78. The van der Waals surface area contributed by atoms with Gasteiger partial charge in [0.2, 0.25) is 0 Å². The van der Waals surface area contributed by atoms with Crippen LogP contribution in [0.2, 0.25) is 0 Å². The Morgan fingerprint density at radius 1 is 1.16 bits per heavy atom. The first-order valence-electron chi connectivity index (χ1n) is 10.0. The van der Waals surface area contributed by atoms with Crippen LogP contribution < -0.4 is 0 Å². The monoisotopic (exact) mass is 477 g/mol. The molecule has 11 heteroatoms. The predicted octanol–water partition coefficient (Wildman–Crippen LogP) is 3.36. The summed E-state index contributed by atoms with van der Waals surface area (Å²) in [5, 5.41) is 0. The quantitative estimate of drug-likeness (QED) is 0.418. The molecule has 1 aromatic rings. The summed E-state index contributed by atoms with van der Waals surface area (Å²) in [7, 11) is -4.14. The summed E-state index contributed by atoms with van der Waals surface area (Å²) in [4.78, 5) is 26.0. The van der Waals surface area contributed by atoms with Crippen LogP contribution in [-0.2, 0) is 35.2 Å². The van der Waals surface area contributed by atoms with Crippen LogP contribution in [0.3, 0.4) is 0 Å². The van der Waals surface area contributed by atoms with Crippen LogP contribution in [0.15, 0.2) is 30.3 Å². The number of nitrogens with zero attached hydrogens (tertiary/aromatic N) is 1. The molecule has 8 nitrogen and oxygen atoms in total. The minimum absolute atomic E-state index is 0.0880. The fourth-order valence-electron chi connectivity index (χ4n) is 3.33. The molecule has 1 aliphatic rings. The first-order chi connectivity index (χ1) is 14.6. The normalized spacial score (nSPS) is 19.6. The molecule has 180 valence electrons. The number of rotatable bonds is 8. The van der Waals surface area contributed by atoms with Crippen molar-refractivity contribution < 1.29 is 40.4 Å². The van der Waals surface area contributed by atoms with Crippen LogP contribution in [-0.4, -0.2) is 62.9 Å². The number of amides is 1. The largest absolute Gasteiger partial charge is 0.461 e. The summed E-state index contributed by atoms with van der Waals surface area (Å²) < 4.78 is 67.8. The summed E-state index contributed by atoms with van der Waals surface area (Å²) in [5.74, 6) is -4.63. The van der Waals surface area contributed by atoms with E-state index in [0.29, 0.717) is 11.8 Å². The molecule has 1 heterocycles. The van der Waals surface area contributed by atoms with E-state index in [9.17, 15) is 18.0 Å². The summed E-state index contributed by atoms with van der Waals surface area (Å²) in [5.41, 5.74) is -2.22. The molecule has 32 heavy (non-hydrogen) atoms. The van der Waals surface area contributed by atoms with Crippen molar-refractivity contribution in [1.29, 1.82) is 0 Å². The minimum Gasteiger partial charge on any atom is -0.461 e. The van der Waals surface area contributed by atoms with Gasteiger partial charge in [-0.25, -0.2) is 13.6 Å². The lowest BCUT2D eigenvalue weighted by molar-refractivity contribution is -0.169. The van der Waals surface area contributed by atoms with Gasteiger partial charge in [0.25, 0.3) is 16.0 Å². The van der Waals surface area contributed by atoms with Crippen molar-refractivity contribution in [3.8, 4) is 0 Å². The Balaban J connectivity index is 2.19. The molecule has 0 N–H and O–H groups in total. The highest BCUT2D eigenvalue weighted by Crippen LogP contribution is 2.48. The van der Waals surface area contributed by atoms with Crippen molar-refractivity contribution in [1.82, 2.24) is 4.90 Å². The SMILES string of the molecule is CC(C)(C)OC(=O)N1CCC(CC(=O)OCc2ccccc2)(C(F)(F)COS(C)(=O)=O)C1. The highest BCUT2D eigenvalue weighted by atomic mass is 32.2. The molecule has 1 atom stereocenters. The van der Waals surface area contributed by atoms with Crippen LogP contribution in [0.1, 0.15) is 39.2 Å². The van der Waals surface area contributed by atoms with Gasteiger partial charge in [0.15, 0.2) is 0 Å². The molecule has 2 rings (SSSR count). The third-order valence-corrected chi connectivity index (χ3v) is 5.51. The standard InChI is InChI=1S/C21H29F2NO7S/c1-19(2,3)31-18(26)24-11-10-20(14-24,21(22,23)15-30-32(4,27)28)12-17(25)29-13-16-8-6-5-7-9-16/h5-9H,10-15H2,1-4H3. The Bertz CT molecular complexity index is 916. The Kier molecular flexibility index (Phi) is 7.87. The van der Waals surface area contributed by atoms with Gasteiger partial charge in [0.1, 0.15) is 18.8 Å². The number of ether oxygens (including phenoxy) is 2. The van der Waals surface area contributed by atoms with E-state index >= 15 is 8.78 Å². The van der Waals surface area contributed by atoms with Crippen molar-refractivity contribution in [3.63, 3.8) is 0 Å². The van der Waals surface area contributed by atoms with Crippen LogP contribution in [0, 0.1) is 5.41 Å². The van der Waals surface area contributed by atoms with E-state index in [1.54, 1.807) is 51.1 Å². The van der Waals surface area contributed by atoms with E-state index in [1.807, 2.05) is 0 Å². The van der Waals surface area contributed by atoms with Crippen LogP contribution in [0.25, 0.3) is 0 Å². The number of esters is 1. The molecule has 1 amide bonds. The lowest BCUT2D eigenvalue weighted by Crippen LogP contribution is -2.49. The molecule has 0 saturated carbocycles. The maximum absolute atomic E-state index is 15.2. The zero-order valence-electron chi connectivity index (χ0n) is 18.6. The van der Waals surface area contributed by atoms with Crippen molar-refractivity contribution >= 4 is 22.2 Å². The van der Waals surface area contributed by atoms with Gasteiger partial charge < -0.3 is 14.4 Å². The zero-order chi connectivity index (χ0) is 24.2. The number of halogens is 2. The fraction of sp³-hybridized carbons (Fsp3) is 0.619. The minimum atomic E-state index is -4.14. The van der Waals surface area contributed by atoms with Gasteiger partial charge in [-0.05, 0) is 32.8 Å². The van der Waals surface area contributed by atoms with Gasteiger partial charge in [-0.3, -0.25) is 8.98 Å². The van der Waals surface area contributed by atoms with Crippen molar-refractivity contribution in [2.45, 2.75) is 51.7 Å². The van der Waals surface area contributed by atoms with E-state index < -0.39 is 58.7 Å². The maximum atomic E-state index is 15.2. The number of hydrogen-bond donors (Lipinski definition) is 0. The number of alkyl halides is 2. The molecule has 1 aliphatic heterocycles. The summed E-state index contributed by atoms with van der Waals surface area (Å²) >= 11 is 0. The molecule has 0 aliphatic carbocycles. The number of carbonyl (C=O) groups excluding carboxylic acids is 2. The Morgan fingerprint density at radius 2 is 1.78 bits per heavy atom. The van der Waals surface area contributed by atoms with Crippen molar-refractivity contribution in [3.05, 3.63) is 35.9 Å². The second-order valence-corrected chi connectivity index (χ2v) is 10.6. The Labute approximate surface area is 186 Å². The lowest BCUT2D eigenvalue weighted by atomic mass is 9.77. The fourth-order valence-corrected chi connectivity index (χ4v) is 3.69. The Morgan fingerprint density at radius 3 is 2.34 bits per heavy atom. The highest BCUT2D eigenvalue weighted by molar-refractivity contribution is 7.85. The molecule has 0 radical (unpaired) electrons. The lowest BCUT2D eigenvalue weighted by Gasteiger charge is -2.36. The van der Waals surface area contributed by atoms with Crippen LogP contribution >= 0.6 is 0 Å². The number of likely N-dealkylation sites (tertiary alicyclic amines) is 1. The third-order valence-electron chi connectivity index (χ3n) is 4.96. The predicted molar refractivity (Wildman–Crippen MR) is 111 cm³/mol. The molecule has 0 spiro atoms. The van der Waals surface area contributed by atoms with E-state index in [-0.39, 0.29) is 19.6 Å². The van der Waals surface area contributed by atoms with Gasteiger partial charge in [-0.2, -0.15) is 8.42 Å². The van der Waals surface area contributed by atoms with Crippen molar-refractivity contribution in [2.75, 3.05) is 26.0 Å². The van der Waals surface area contributed by atoms with E-state index in [1.165, 1.54) is 0 Å². The van der Waals surface area contributed by atoms with Gasteiger partial charge in [0.05, 0.1) is 18.1 Å². The molecule has 1 unspecified atom stereocenters. The summed E-state index contributed by atoms with van der Waals surface area (Å²) in [6.07, 6.45) is -1.12. The van der Waals surface area contributed by atoms with Crippen LogP contribution in [0.5, 0.6) is 0 Å². The average Bonchev–Trinajstić information content (AvgIpc) is 3.10. The number of carbonyl (C=O) groups is 2. The molecular formula is C21H29F2NO7S. The van der Waals surface area contributed by atoms with Crippen molar-refractivity contribution in [2.24, 2.45) is 5.41 Å². The number of hydrogen-bond acceptors (Lipinski definition) is 7. The van der Waals surface area contributed by atoms with E-state index in [0.717, 1.165) is 4.90 Å².